The van der Waals surface area contributed by atoms with Crippen LogP contribution in [0, 0.1) is 5.92 Å². The first-order valence-corrected chi connectivity index (χ1v) is 11.2. The van der Waals surface area contributed by atoms with Crippen LogP contribution in [0.5, 0.6) is 0 Å². The van der Waals surface area contributed by atoms with E-state index in [9.17, 15) is 33.9 Å². The van der Waals surface area contributed by atoms with Crippen molar-refractivity contribution in [3.8, 4) is 0 Å². The summed E-state index contributed by atoms with van der Waals surface area (Å²) < 4.78 is 0. The zero-order valence-corrected chi connectivity index (χ0v) is 20.2. The summed E-state index contributed by atoms with van der Waals surface area (Å²) in [5, 5.41) is 16.6. The van der Waals surface area contributed by atoms with Gasteiger partial charge in [0.05, 0.1) is 12.4 Å². The minimum atomic E-state index is -1.32. The van der Waals surface area contributed by atoms with Crippen LogP contribution in [-0.4, -0.2) is 74.7 Å². The largest absolute Gasteiger partial charge is 0.480 e. The van der Waals surface area contributed by atoms with Gasteiger partial charge in [0.1, 0.15) is 18.1 Å². The molecule has 15 nitrogen and oxygen atoms in total. The Hall–Kier alpha value is -4.01. The number of nitrogens with zero attached hydrogens (tertiary/aromatic N) is 1. The van der Waals surface area contributed by atoms with Crippen LogP contribution in [0.4, 0.5) is 0 Å². The number of carboxylic acid groups (broad SMARTS) is 1. The highest BCUT2D eigenvalue weighted by molar-refractivity contribution is 5.94. The molecule has 0 aliphatic rings. The summed E-state index contributed by atoms with van der Waals surface area (Å²) in [6.07, 6.45) is 2.07. The highest BCUT2D eigenvalue weighted by Gasteiger charge is 2.31. The van der Waals surface area contributed by atoms with Crippen molar-refractivity contribution in [1.29, 1.82) is 0 Å². The minimum absolute atomic E-state index is 0.0466. The molecule has 0 saturated carbocycles. The number of nitrogens with two attached hydrogens (primary N) is 3. The Morgan fingerprint density at radius 2 is 1.47 bits per heavy atom. The van der Waals surface area contributed by atoms with Gasteiger partial charge in [0.15, 0.2) is 0 Å². The predicted molar refractivity (Wildman–Crippen MR) is 125 cm³/mol. The van der Waals surface area contributed by atoms with E-state index in [0.717, 1.165) is 0 Å². The summed E-state index contributed by atoms with van der Waals surface area (Å²) in [4.78, 5) is 78.9. The molecule has 200 valence electrons. The molecule has 15 heteroatoms. The zero-order valence-electron chi connectivity index (χ0n) is 20.2. The van der Waals surface area contributed by atoms with Gasteiger partial charge >= 0.3 is 5.97 Å². The van der Waals surface area contributed by atoms with Gasteiger partial charge in [-0.25, -0.2) is 9.78 Å². The lowest BCUT2D eigenvalue weighted by Crippen LogP contribution is -2.58. The Bertz CT molecular complexity index is 935. The summed E-state index contributed by atoms with van der Waals surface area (Å²) in [6, 6.07) is -4.93. The van der Waals surface area contributed by atoms with Crippen LogP contribution in [0.1, 0.15) is 45.2 Å². The van der Waals surface area contributed by atoms with Crippen LogP contribution < -0.4 is 33.2 Å². The van der Waals surface area contributed by atoms with Gasteiger partial charge in [0.25, 0.3) is 0 Å². The maximum atomic E-state index is 13.1. The molecule has 0 aliphatic heterocycles. The van der Waals surface area contributed by atoms with Crippen molar-refractivity contribution in [3.63, 3.8) is 0 Å². The van der Waals surface area contributed by atoms with Crippen molar-refractivity contribution in [3.05, 3.63) is 18.2 Å². The van der Waals surface area contributed by atoms with Crippen molar-refractivity contribution in [2.24, 2.45) is 23.1 Å². The molecule has 5 amide bonds. The second kappa shape index (κ2) is 14.4. The highest BCUT2D eigenvalue weighted by atomic mass is 16.4. The summed E-state index contributed by atoms with van der Waals surface area (Å²) in [5.74, 6) is -5.49. The van der Waals surface area contributed by atoms with Gasteiger partial charge in [0.2, 0.25) is 29.5 Å². The number of primary amides is 2. The number of aromatic nitrogens is 2. The van der Waals surface area contributed by atoms with Crippen LogP contribution in [0.2, 0.25) is 0 Å². The normalized spacial score (nSPS) is 14.2. The molecule has 0 spiro atoms. The van der Waals surface area contributed by atoms with E-state index < -0.39 is 65.6 Å². The van der Waals surface area contributed by atoms with Gasteiger partial charge in [-0.15, -0.1) is 0 Å². The smallest absolute Gasteiger partial charge is 0.326 e. The van der Waals surface area contributed by atoms with Crippen LogP contribution in [0.25, 0.3) is 0 Å². The lowest BCUT2D eigenvalue weighted by Gasteiger charge is -2.25. The zero-order chi connectivity index (χ0) is 27.4. The van der Waals surface area contributed by atoms with E-state index in [0.29, 0.717) is 5.69 Å². The number of carbonyl (C=O) groups excluding carboxylic acids is 5. The average molecular weight is 511 g/mol. The van der Waals surface area contributed by atoms with E-state index in [-0.39, 0.29) is 32.1 Å². The lowest BCUT2D eigenvalue weighted by atomic mass is 10.0. The van der Waals surface area contributed by atoms with Gasteiger partial charge in [-0.05, 0) is 18.8 Å². The number of imidazole rings is 1. The molecule has 1 rings (SSSR count). The quantitative estimate of drug-likeness (QED) is 0.112. The van der Waals surface area contributed by atoms with Crippen molar-refractivity contribution < 1.29 is 33.9 Å². The number of hydrogen-bond donors (Lipinski definition) is 8. The fraction of sp³-hybridized carbons (Fsp3) is 0.571. The second-order valence-electron chi connectivity index (χ2n) is 8.59. The molecule has 0 fully saturated rings. The highest BCUT2D eigenvalue weighted by Crippen LogP contribution is 2.07. The van der Waals surface area contributed by atoms with Gasteiger partial charge in [-0.1, -0.05) is 13.8 Å². The van der Waals surface area contributed by atoms with E-state index in [1.807, 2.05) is 0 Å². The van der Waals surface area contributed by atoms with E-state index in [1.165, 1.54) is 12.5 Å². The van der Waals surface area contributed by atoms with Crippen LogP contribution >= 0.6 is 0 Å². The summed E-state index contributed by atoms with van der Waals surface area (Å²) >= 11 is 0. The molecule has 1 heterocycles. The van der Waals surface area contributed by atoms with E-state index in [4.69, 9.17) is 17.2 Å². The van der Waals surface area contributed by atoms with Gasteiger partial charge in [-0.3, -0.25) is 24.0 Å². The number of aliphatic carboxylic acids is 1. The molecule has 36 heavy (non-hydrogen) atoms. The third kappa shape index (κ3) is 10.5. The van der Waals surface area contributed by atoms with Crippen molar-refractivity contribution in [1.82, 2.24) is 25.9 Å². The molecule has 4 atom stereocenters. The topological polar surface area (TPSA) is 265 Å². The maximum Gasteiger partial charge on any atom is 0.326 e. The number of amides is 5. The molecule has 1 aromatic heterocycles. The van der Waals surface area contributed by atoms with Crippen LogP contribution in [-0.2, 0) is 35.2 Å². The van der Waals surface area contributed by atoms with E-state index >= 15 is 0 Å². The average Bonchev–Trinajstić information content (AvgIpc) is 3.30. The van der Waals surface area contributed by atoms with E-state index in [2.05, 4.69) is 25.9 Å². The first-order valence-electron chi connectivity index (χ1n) is 11.2. The predicted octanol–water partition coefficient (Wildman–Crippen LogP) is -2.99. The number of carbonyl (C=O) groups is 6. The Morgan fingerprint density at radius 3 is 1.97 bits per heavy atom. The molecular formula is C21H34N8O7. The molecule has 0 radical (unpaired) electrons. The van der Waals surface area contributed by atoms with E-state index in [1.54, 1.807) is 13.8 Å². The number of H-pyrrole nitrogens is 1. The Labute approximate surface area is 207 Å². The Kier molecular flexibility index (Phi) is 12.0. The Morgan fingerprint density at radius 1 is 0.917 bits per heavy atom. The first kappa shape index (κ1) is 30.0. The molecule has 4 unspecified atom stereocenters. The van der Waals surface area contributed by atoms with Gasteiger partial charge < -0.3 is 43.2 Å². The third-order valence-corrected chi connectivity index (χ3v) is 5.19. The SMILES string of the molecule is CC(C)C(NC(=O)C(CCC(N)=O)NC(=O)C(Cc1cnc[nH]1)NC(=O)C(N)CCC(N)=O)C(=O)O. The summed E-state index contributed by atoms with van der Waals surface area (Å²) in [5.41, 5.74) is 16.5. The van der Waals surface area contributed by atoms with Gasteiger partial charge in [0, 0.05) is 31.2 Å². The number of nitrogens with one attached hydrogen (secondary N) is 4. The molecule has 0 aromatic carbocycles. The minimum Gasteiger partial charge on any atom is -0.480 e. The van der Waals surface area contributed by atoms with Crippen molar-refractivity contribution >= 4 is 35.5 Å². The first-order chi connectivity index (χ1) is 16.8. The number of carboxylic acids is 1. The fourth-order valence-corrected chi connectivity index (χ4v) is 3.13. The third-order valence-electron chi connectivity index (χ3n) is 5.19. The summed E-state index contributed by atoms with van der Waals surface area (Å²) in [7, 11) is 0. The fourth-order valence-electron chi connectivity index (χ4n) is 3.13. The molecular weight excluding hydrogens is 476 g/mol. The summed E-state index contributed by atoms with van der Waals surface area (Å²) in [6.45, 7) is 3.18. The number of rotatable bonds is 16. The molecule has 0 aliphatic carbocycles. The molecule has 0 bridgehead atoms. The second-order valence-corrected chi connectivity index (χ2v) is 8.59. The molecule has 11 N–H and O–H groups in total. The van der Waals surface area contributed by atoms with Crippen molar-refractivity contribution in [2.75, 3.05) is 0 Å². The Balaban J connectivity index is 3.07. The van der Waals surface area contributed by atoms with Crippen LogP contribution in [0.15, 0.2) is 12.5 Å². The lowest BCUT2D eigenvalue weighted by molar-refractivity contribution is -0.143. The standard InChI is InChI=1S/C21H34N8O7/c1-10(2)17(21(35)36)29-19(33)13(4-6-16(24)31)27-20(34)14(7-11-8-25-9-26-11)28-18(32)12(22)3-5-15(23)30/h8-10,12-14,17H,3-7,22H2,1-2H3,(H2,23,30)(H2,24,31)(H,25,26)(H,27,34)(H,28,32)(H,29,33)(H,35,36). The maximum absolute atomic E-state index is 13.1. The van der Waals surface area contributed by atoms with Crippen LogP contribution in [0.3, 0.4) is 0 Å². The molecule has 0 saturated heterocycles. The monoisotopic (exact) mass is 510 g/mol. The number of hydrogen-bond acceptors (Lipinski definition) is 8. The van der Waals surface area contributed by atoms with Gasteiger partial charge in [-0.2, -0.15) is 0 Å². The molecule has 1 aromatic rings. The van der Waals surface area contributed by atoms with Crippen molar-refractivity contribution in [2.45, 2.75) is 70.1 Å². The number of aromatic amines is 1.